The second-order valence-electron chi connectivity index (χ2n) is 5.00. The SMILES string of the molecule is CC(C)Cc1nc2cc3ccccc3cc2[nH]1. The molecule has 0 amide bonds. The molecule has 0 aliphatic carbocycles. The first-order chi connectivity index (χ1) is 8.22. The van der Waals surface area contributed by atoms with Crippen molar-refractivity contribution in [3.8, 4) is 0 Å². The van der Waals surface area contributed by atoms with Gasteiger partial charge in [-0.25, -0.2) is 4.98 Å². The predicted octanol–water partition coefficient (Wildman–Crippen LogP) is 3.91. The van der Waals surface area contributed by atoms with Gasteiger partial charge >= 0.3 is 0 Å². The average molecular weight is 224 g/mol. The third-order valence-corrected chi connectivity index (χ3v) is 3.00. The number of hydrogen-bond donors (Lipinski definition) is 1. The molecule has 3 rings (SSSR count). The zero-order chi connectivity index (χ0) is 11.8. The maximum absolute atomic E-state index is 4.65. The number of aromatic amines is 1. The first kappa shape index (κ1) is 10.3. The highest BCUT2D eigenvalue weighted by Crippen LogP contribution is 2.21. The van der Waals surface area contributed by atoms with Gasteiger partial charge < -0.3 is 4.98 Å². The van der Waals surface area contributed by atoms with Gasteiger partial charge in [-0.15, -0.1) is 0 Å². The van der Waals surface area contributed by atoms with Crippen LogP contribution in [-0.4, -0.2) is 9.97 Å². The van der Waals surface area contributed by atoms with Gasteiger partial charge in [-0.3, -0.25) is 0 Å². The highest BCUT2D eigenvalue weighted by Gasteiger charge is 2.05. The van der Waals surface area contributed by atoms with Crippen LogP contribution in [0, 0.1) is 5.92 Å². The smallest absolute Gasteiger partial charge is 0.107 e. The van der Waals surface area contributed by atoms with Crippen LogP contribution in [0.15, 0.2) is 36.4 Å². The van der Waals surface area contributed by atoms with Crippen molar-refractivity contribution in [1.82, 2.24) is 9.97 Å². The minimum absolute atomic E-state index is 0.630. The van der Waals surface area contributed by atoms with Crippen LogP contribution in [0.3, 0.4) is 0 Å². The zero-order valence-electron chi connectivity index (χ0n) is 10.2. The number of fused-ring (bicyclic) bond motifs is 2. The molecule has 1 heterocycles. The van der Waals surface area contributed by atoms with E-state index in [1.807, 2.05) is 0 Å². The molecule has 2 aromatic carbocycles. The van der Waals surface area contributed by atoms with Crippen molar-refractivity contribution in [1.29, 1.82) is 0 Å². The molecular formula is C15H16N2. The van der Waals surface area contributed by atoms with E-state index in [0.717, 1.165) is 23.3 Å². The molecular weight excluding hydrogens is 208 g/mol. The lowest BCUT2D eigenvalue weighted by Gasteiger charge is -1.98. The van der Waals surface area contributed by atoms with Crippen molar-refractivity contribution in [3.63, 3.8) is 0 Å². The van der Waals surface area contributed by atoms with Crippen molar-refractivity contribution < 1.29 is 0 Å². The fraction of sp³-hybridized carbons (Fsp3) is 0.267. The number of benzene rings is 2. The minimum Gasteiger partial charge on any atom is -0.342 e. The van der Waals surface area contributed by atoms with E-state index in [9.17, 15) is 0 Å². The van der Waals surface area contributed by atoms with E-state index in [4.69, 9.17) is 0 Å². The van der Waals surface area contributed by atoms with E-state index in [0.29, 0.717) is 5.92 Å². The monoisotopic (exact) mass is 224 g/mol. The summed E-state index contributed by atoms with van der Waals surface area (Å²) >= 11 is 0. The Kier molecular flexibility index (Phi) is 2.36. The quantitative estimate of drug-likeness (QED) is 0.702. The lowest BCUT2D eigenvalue weighted by molar-refractivity contribution is 0.627. The van der Waals surface area contributed by atoms with E-state index in [-0.39, 0.29) is 0 Å². The molecule has 1 aromatic heterocycles. The molecule has 3 aromatic rings. The number of nitrogens with zero attached hydrogens (tertiary/aromatic N) is 1. The first-order valence-electron chi connectivity index (χ1n) is 6.10. The summed E-state index contributed by atoms with van der Waals surface area (Å²) in [7, 11) is 0. The van der Waals surface area contributed by atoms with Crippen LogP contribution in [0.25, 0.3) is 21.8 Å². The fourth-order valence-electron chi connectivity index (χ4n) is 2.23. The summed E-state index contributed by atoms with van der Waals surface area (Å²) in [6, 6.07) is 12.7. The third kappa shape index (κ3) is 1.91. The number of aromatic nitrogens is 2. The third-order valence-electron chi connectivity index (χ3n) is 3.00. The molecule has 0 fully saturated rings. The van der Waals surface area contributed by atoms with Gasteiger partial charge in [-0.05, 0) is 28.8 Å². The highest BCUT2D eigenvalue weighted by atomic mass is 14.9. The van der Waals surface area contributed by atoms with E-state index >= 15 is 0 Å². The topological polar surface area (TPSA) is 28.7 Å². The Balaban J connectivity index is 2.18. The largest absolute Gasteiger partial charge is 0.342 e. The zero-order valence-corrected chi connectivity index (χ0v) is 10.2. The second-order valence-corrected chi connectivity index (χ2v) is 5.00. The predicted molar refractivity (Wildman–Crippen MR) is 72.1 cm³/mol. The summed E-state index contributed by atoms with van der Waals surface area (Å²) in [6.07, 6.45) is 1.00. The van der Waals surface area contributed by atoms with Crippen LogP contribution in [0.5, 0.6) is 0 Å². The van der Waals surface area contributed by atoms with Crippen LogP contribution in [0.2, 0.25) is 0 Å². The summed E-state index contributed by atoms with van der Waals surface area (Å²) in [4.78, 5) is 8.06. The molecule has 0 aliphatic rings. The molecule has 0 atom stereocenters. The molecule has 17 heavy (non-hydrogen) atoms. The molecule has 0 saturated heterocycles. The maximum atomic E-state index is 4.65. The number of imidazole rings is 1. The van der Waals surface area contributed by atoms with Crippen LogP contribution in [0.4, 0.5) is 0 Å². The molecule has 0 aliphatic heterocycles. The van der Waals surface area contributed by atoms with Crippen LogP contribution >= 0.6 is 0 Å². The van der Waals surface area contributed by atoms with Gasteiger partial charge in [-0.2, -0.15) is 0 Å². The van der Waals surface area contributed by atoms with Gasteiger partial charge in [0.2, 0.25) is 0 Å². The fourth-order valence-corrected chi connectivity index (χ4v) is 2.23. The Morgan fingerprint density at radius 1 is 1.12 bits per heavy atom. The maximum Gasteiger partial charge on any atom is 0.107 e. The van der Waals surface area contributed by atoms with Gasteiger partial charge in [0.1, 0.15) is 5.82 Å². The lowest BCUT2D eigenvalue weighted by Crippen LogP contribution is -1.95. The number of rotatable bonds is 2. The lowest BCUT2D eigenvalue weighted by atomic mass is 10.1. The molecule has 0 saturated carbocycles. The highest BCUT2D eigenvalue weighted by molar-refractivity contribution is 5.95. The molecule has 2 heteroatoms. The van der Waals surface area contributed by atoms with Crippen molar-refractivity contribution in [2.75, 3.05) is 0 Å². The Morgan fingerprint density at radius 3 is 2.53 bits per heavy atom. The molecule has 86 valence electrons. The molecule has 0 spiro atoms. The van der Waals surface area contributed by atoms with Gasteiger partial charge in [0, 0.05) is 6.42 Å². The van der Waals surface area contributed by atoms with Crippen molar-refractivity contribution in [2.45, 2.75) is 20.3 Å². The van der Waals surface area contributed by atoms with Crippen LogP contribution in [-0.2, 0) is 6.42 Å². The standard InChI is InChI=1S/C15H16N2/c1-10(2)7-15-16-13-8-11-5-3-4-6-12(11)9-14(13)17-15/h3-6,8-10H,7H2,1-2H3,(H,16,17). The molecule has 0 unspecified atom stereocenters. The average Bonchev–Trinajstić information content (AvgIpc) is 2.65. The molecule has 0 bridgehead atoms. The van der Waals surface area contributed by atoms with Crippen molar-refractivity contribution >= 4 is 21.8 Å². The van der Waals surface area contributed by atoms with Gasteiger partial charge in [0.15, 0.2) is 0 Å². The Hall–Kier alpha value is -1.83. The normalized spacial score (nSPS) is 11.7. The minimum atomic E-state index is 0.630. The molecule has 1 N–H and O–H groups in total. The Labute approximate surface area is 101 Å². The first-order valence-corrected chi connectivity index (χ1v) is 6.10. The van der Waals surface area contributed by atoms with Gasteiger partial charge in [0.25, 0.3) is 0 Å². The van der Waals surface area contributed by atoms with E-state index in [1.54, 1.807) is 0 Å². The molecule has 0 radical (unpaired) electrons. The number of hydrogen-bond acceptors (Lipinski definition) is 1. The molecule has 2 nitrogen and oxygen atoms in total. The van der Waals surface area contributed by atoms with E-state index < -0.39 is 0 Å². The summed E-state index contributed by atoms with van der Waals surface area (Å²) in [5, 5.41) is 2.52. The number of nitrogens with one attached hydrogen (secondary N) is 1. The van der Waals surface area contributed by atoms with Gasteiger partial charge in [0.05, 0.1) is 11.0 Å². The second kappa shape index (κ2) is 3.88. The summed E-state index contributed by atoms with van der Waals surface area (Å²) < 4.78 is 0. The van der Waals surface area contributed by atoms with Crippen molar-refractivity contribution in [2.24, 2.45) is 5.92 Å². The van der Waals surface area contributed by atoms with Crippen LogP contribution < -0.4 is 0 Å². The van der Waals surface area contributed by atoms with Crippen molar-refractivity contribution in [3.05, 3.63) is 42.2 Å². The van der Waals surface area contributed by atoms with Crippen LogP contribution in [0.1, 0.15) is 19.7 Å². The summed E-state index contributed by atoms with van der Waals surface area (Å²) in [5.41, 5.74) is 2.21. The van der Waals surface area contributed by atoms with E-state index in [1.165, 1.54) is 10.8 Å². The summed E-state index contributed by atoms with van der Waals surface area (Å²) in [5.74, 6) is 1.72. The Bertz CT molecular complexity index is 612. The number of H-pyrrole nitrogens is 1. The van der Waals surface area contributed by atoms with E-state index in [2.05, 4.69) is 60.2 Å². The Morgan fingerprint density at radius 2 is 1.82 bits per heavy atom. The van der Waals surface area contributed by atoms with Gasteiger partial charge in [-0.1, -0.05) is 38.1 Å². The summed E-state index contributed by atoms with van der Waals surface area (Å²) in [6.45, 7) is 4.42.